The molecule has 0 aromatic heterocycles. The van der Waals surface area contributed by atoms with E-state index in [2.05, 4.69) is 0 Å². The van der Waals surface area contributed by atoms with Crippen LogP contribution in [0.2, 0.25) is 0 Å². The molecular weight excluding hydrogens is 185 g/mol. The number of carbonyl (C=O) groups is 1. The van der Waals surface area contributed by atoms with E-state index in [4.69, 9.17) is 10.5 Å². The zero-order valence-electron chi connectivity index (χ0n) is 7.50. The maximum Gasteiger partial charge on any atom is 0.177 e. The minimum Gasteiger partial charge on any atom is -0.492 e. The third-order valence-electron chi connectivity index (χ3n) is 2.32. The maximum atomic E-state index is 13.3. The fraction of sp³-hybridized carbons (Fsp3) is 0.300. The second kappa shape index (κ2) is 3.38. The summed E-state index contributed by atoms with van der Waals surface area (Å²) in [7, 11) is 0. The summed E-state index contributed by atoms with van der Waals surface area (Å²) < 4.78 is 18.5. The quantitative estimate of drug-likeness (QED) is 0.726. The van der Waals surface area contributed by atoms with Gasteiger partial charge in [-0.1, -0.05) is 6.07 Å². The van der Waals surface area contributed by atoms with Crippen LogP contribution in [0.3, 0.4) is 0 Å². The van der Waals surface area contributed by atoms with Gasteiger partial charge in [-0.2, -0.15) is 0 Å². The van der Waals surface area contributed by atoms with E-state index in [1.165, 1.54) is 12.1 Å². The second-order valence-electron chi connectivity index (χ2n) is 3.22. The van der Waals surface area contributed by atoms with Gasteiger partial charge in [0.25, 0.3) is 0 Å². The highest BCUT2D eigenvalue weighted by Gasteiger charge is 2.30. The molecule has 0 radical (unpaired) electrons. The lowest BCUT2D eigenvalue weighted by molar-refractivity contribution is 0.0833. The summed E-state index contributed by atoms with van der Waals surface area (Å²) in [6.07, 6.45) is 0. The molecule has 1 unspecified atom stereocenters. The van der Waals surface area contributed by atoms with Gasteiger partial charge in [0.1, 0.15) is 11.6 Å². The summed E-state index contributed by atoms with van der Waals surface area (Å²) in [5, 5.41) is 0. The van der Waals surface area contributed by atoms with Crippen LogP contribution in [0.5, 0.6) is 5.75 Å². The number of halogens is 1. The number of fused-ring (bicyclic) bond motifs is 1. The molecule has 1 atom stereocenters. The van der Waals surface area contributed by atoms with Gasteiger partial charge >= 0.3 is 0 Å². The maximum absolute atomic E-state index is 13.3. The normalized spacial score (nSPS) is 20.1. The smallest absolute Gasteiger partial charge is 0.177 e. The molecule has 3 nitrogen and oxygen atoms in total. The lowest BCUT2D eigenvalue weighted by atomic mass is 9.95. The molecular formula is C10H10FNO2. The van der Waals surface area contributed by atoms with Gasteiger partial charge in [0.05, 0.1) is 18.1 Å². The Morgan fingerprint density at radius 2 is 2.36 bits per heavy atom. The van der Waals surface area contributed by atoms with Gasteiger partial charge in [-0.15, -0.1) is 0 Å². The van der Waals surface area contributed by atoms with E-state index in [0.29, 0.717) is 5.75 Å². The largest absolute Gasteiger partial charge is 0.492 e. The molecule has 0 saturated carbocycles. The summed E-state index contributed by atoms with van der Waals surface area (Å²) in [5.41, 5.74) is 5.41. The molecule has 2 rings (SSSR count). The van der Waals surface area contributed by atoms with Crippen LogP contribution >= 0.6 is 0 Å². The summed E-state index contributed by atoms with van der Waals surface area (Å²) in [6.45, 7) is 0.429. The monoisotopic (exact) mass is 195 g/mol. The molecule has 4 heteroatoms. The van der Waals surface area contributed by atoms with Crippen molar-refractivity contribution < 1.29 is 13.9 Å². The van der Waals surface area contributed by atoms with Crippen molar-refractivity contribution in [1.29, 1.82) is 0 Å². The highest BCUT2D eigenvalue weighted by Crippen LogP contribution is 2.28. The van der Waals surface area contributed by atoms with Gasteiger partial charge in [-0.05, 0) is 12.1 Å². The topological polar surface area (TPSA) is 52.3 Å². The van der Waals surface area contributed by atoms with Crippen molar-refractivity contribution in [3.8, 4) is 5.75 Å². The first kappa shape index (κ1) is 9.15. The second-order valence-corrected chi connectivity index (χ2v) is 3.22. The average Bonchev–Trinajstić information content (AvgIpc) is 2.18. The van der Waals surface area contributed by atoms with Gasteiger partial charge in [-0.3, -0.25) is 4.79 Å². The summed E-state index contributed by atoms with van der Waals surface area (Å²) in [6, 6.07) is 4.35. The first-order valence-corrected chi connectivity index (χ1v) is 4.39. The number of ketones is 1. The minimum atomic E-state index is -0.536. The predicted octanol–water partition coefficient (Wildman–Crippen LogP) is 0.976. The number of benzene rings is 1. The van der Waals surface area contributed by atoms with Crippen LogP contribution in [-0.2, 0) is 0 Å². The molecule has 0 spiro atoms. The molecule has 14 heavy (non-hydrogen) atoms. The van der Waals surface area contributed by atoms with Crippen molar-refractivity contribution in [1.82, 2.24) is 0 Å². The number of Topliss-reactive ketones (excluding diaryl/α,β-unsaturated/α-hetero) is 1. The Bertz CT molecular complexity index is 378. The number of hydrogen-bond acceptors (Lipinski definition) is 3. The van der Waals surface area contributed by atoms with Crippen LogP contribution in [0, 0.1) is 11.7 Å². The number of hydrogen-bond donors (Lipinski definition) is 1. The molecule has 0 saturated heterocycles. The molecule has 2 N–H and O–H groups in total. The van der Waals surface area contributed by atoms with Crippen molar-refractivity contribution >= 4 is 5.78 Å². The molecule has 1 heterocycles. The van der Waals surface area contributed by atoms with Crippen LogP contribution in [-0.4, -0.2) is 18.9 Å². The number of rotatable bonds is 1. The Morgan fingerprint density at radius 3 is 3.07 bits per heavy atom. The molecule has 74 valence electrons. The molecule has 0 bridgehead atoms. The molecule has 1 aliphatic rings. The third kappa shape index (κ3) is 1.28. The molecule has 1 aromatic rings. The van der Waals surface area contributed by atoms with E-state index in [1.54, 1.807) is 6.07 Å². The zero-order valence-corrected chi connectivity index (χ0v) is 7.50. The highest BCUT2D eigenvalue weighted by atomic mass is 19.1. The summed E-state index contributed by atoms with van der Waals surface area (Å²) in [4.78, 5) is 11.7. The Hall–Kier alpha value is -1.42. The molecule has 0 amide bonds. The van der Waals surface area contributed by atoms with E-state index in [9.17, 15) is 9.18 Å². The van der Waals surface area contributed by atoms with Gasteiger partial charge in [0.15, 0.2) is 5.78 Å². The molecule has 1 aliphatic heterocycles. The third-order valence-corrected chi connectivity index (χ3v) is 2.32. The Labute approximate surface area is 80.7 Å². The van der Waals surface area contributed by atoms with E-state index >= 15 is 0 Å². The van der Waals surface area contributed by atoms with E-state index in [-0.39, 0.29) is 24.5 Å². The number of carbonyl (C=O) groups excluding carboxylic acids is 1. The Morgan fingerprint density at radius 1 is 1.57 bits per heavy atom. The van der Waals surface area contributed by atoms with Gasteiger partial charge in [0, 0.05) is 6.54 Å². The predicted molar refractivity (Wildman–Crippen MR) is 48.8 cm³/mol. The Kier molecular flexibility index (Phi) is 2.21. The van der Waals surface area contributed by atoms with Crippen LogP contribution < -0.4 is 10.5 Å². The zero-order chi connectivity index (χ0) is 10.1. The van der Waals surface area contributed by atoms with Gasteiger partial charge < -0.3 is 10.5 Å². The number of nitrogens with two attached hydrogens (primary N) is 1. The lowest BCUT2D eigenvalue weighted by Crippen LogP contribution is -2.34. The fourth-order valence-electron chi connectivity index (χ4n) is 1.51. The molecule has 0 aliphatic carbocycles. The standard InChI is InChI=1S/C10H10FNO2/c11-7-2-1-3-8-9(7)10(13)6(4-12)5-14-8/h1-3,6H,4-5,12H2. The van der Waals surface area contributed by atoms with Gasteiger partial charge in [0.2, 0.25) is 0 Å². The fourth-order valence-corrected chi connectivity index (χ4v) is 1.51. The number of ether oxygens (including phenoxy) is 1. The summed E-state index contributed by atoms with van der Waals surface area (Å²) >= 11 is 0. The van der Waals surface area contributed by atoms with Crippen molar-refractivity contribution in [2.75, 3.05) is 13.2 Å². The molecule has 0 fully saturated rings. The van der Waals surface area contributed by atoms with Gasteiger partial charge in [-0.25, -0.2) is 4.39 Å². The first-order chi connectivity index (χ1) is 6.74. The van der Waals surface area contributed by atoms with E-state index in [0.717, 1.165) is 0 Å². The average molecular weight is 195 g/mol. The summed E-state index contributed by atoms with van der Waals surface area (Å²) in [5.74, 6) is -0.892. The first-order valence-electron chi connectivity index (χ1n) is 4.39. The van der Waals surface area contributed by atoms with Crippen molar-refractivity contribution in [2.45, 2.75) is 0 Å². The van der Waals surface area contributed by atoms with Crippen LogP contribution in [0.1, 0.15) is 10.4 Å². The van der Waals surface area contributed by atoms with Crippen molar-refractivity contribution in [3.05, 3.63) is 29.6 Å². The van der Waals surface area contributed by atoms with E-state index < -0.39 is 11.7 Å². The highest BCUT2D eigenvalue weighted by molar-refractivity contribution is 6.01. The van der Waals surface area contributed by atoms with Crippen LogP contribution in [0.15, 0.2) is 18.2 Å². The minimum absolute atomic E-state index is 0.0363. The van der Waals surface area contributed by atoms with Crippen LogP contribution in [0.25, 0.3) is 0 Å². The van der Waals surface area contributed by atoms with E-state index in [1.807, 2.05) is 0 Å². The van der Waals surface area contributed by atoms with Crippen LogP contribution in [0.4, 0.5) is 4.39 Å². The molecule has 1 aromatic carbocycles. The Balaban J connectivity index is 2.48. The van der Waals surface area contributed by atoms with Crippen molar-refractivity contribution in [2.24, 2.45) is 11.7 Å². The lowest BCUT2D eigenvalue weighted by Gasteiger charge is -2.22. The van der Waals surface area contributed by atoms with Crippen molar-refractivity contribution in [3.63, 3.8) is 0 Å². The SMILES string of the molecule is NCC1COc2cccc(F)c2C1=O.